The lowest BCUT2D eigenvalue weighted by atomic mass is 9.91. The van der Waals surface area contributed by atoms with Gasteiger partial charge in [-0.25, -0.2) is 0 Å². The fraction of sp³-hybridized carbons (Fsp3) is 0.222. The van der Waals surface area contributed by atoms with Gasteiger partial charge in [0.2, 0.25) is 5.91 Å². The van der Waals surface area contributed by atoms with Crippen molar-refractivity contribution in [2.45, 2.75) is 13.8 Å². The number of hydrogen-bond acceptors (Lipinski definition) is 3. The summed E-state index contributed by atoms with van der Waals surface area (Å²) in [5, 5.41) is 5.41. The second-order valence-electron chi connectivity index (χ2n) is 5.71. The molecule has 1 heterocycles. The van der Waals surface area contributed by atoms with E-state index < -0.39 is 5.91 Å². The van der Waals surface area contributed by atoms with Crippen LogP contribution in [0.15, 0.2) is 30.5 Å². The van der Waals surface area contributed by atoms with Crippen LogP contribution < -0.4 is 10.5 Å². The number of hydrogen-bond donors (Lipinski definition) is 1. The molecule has 0 saturated carbocycles. The molecule has 3 aromatic rings. The minimum atomic E-state index is -0.461. The van der Waals surface area contributed by atoms with Crippen LogP contribution in [0, 0.1) is 13.8 Å². The summed E-state index contributed by atoms with van der Waals surface area (Å²) >= 11 is 0. The van der Waals surface area contributed by atoms with Gasteiger partial charge < -0.3 is 10.5 Å². The van der Waals surface area contributed by atoms with E-state index in [1.165, 1.54) is 0 Å². The van der Waals surface area contributed by atoms with Gasteiger partial charge in [-0.1, -0.05) is 6.07 Å². The van der Waals surface area contributed by atoms with Gasteiger partial charge in [-0.05, 0) is 54.3 Å². The number of aryl methyl sites for hydroxylation is 2. The molecule has 0 fully saturated rings. The number of fused-ring (bicyclic) bond motifs is 1. The first kappa shape index (κ1) is 15.1. The number of rotatable bonds is 3. The monoisotopic (exact) mass is 309 g/mol. The number of benzene rings is 2. The lowest BCUT2D eigenvalue weighted by Crippen LogP contribution is -2.11. The predicted molar refractivity (Wildman–Crippen MR) is 90.7 cm³/mol. The van der Waals surface area contributed by atoms with E-state index in [9.17, 15) is 4.79 Å². The highest BCUT2D eigenvalue weighted by Crippen LogP contribution is 2.37. The van der Waals surface area contributed by atoms with Gasteiger partial charge in [0.05, 0.1) is 12.6 Å². The van der Waals surface area contributed by atoms with Crippen LogP contribution in [0.4, 0.5) is 0 Å². The van der Waals surface area contributed by atoms with Crippen molar-refractivity contribution >= 4 is 16.8 Å². The largest absolute Gasteiger partial charge is 0.496 e. The maximum atomic E-state index is 11.7. The first-order valence-electron chi connectivity index (χ1n) is 7.34. The molecule has 0 aliphatic rings. The Morgan fingerprint density at radius 3 is 2.65 bits per heavy atom. The van der Waals surface area contributed by atoms with Crippen LogP contribution in [0.1, 0.15) is 21.5 Å². The molecule has 0 unspecified atom stereocenters. The number of nitrogens with zero attached hydrogens (tertiary/aromatic N) is 2. The van der Waals surface area contributed by atoms with Crippen LogP contribution in [0.5, 0.6) is 5.75 Å². The van der Waals surface area contributed by atoms with Crippen LogP contribution >= 0.6 is 0 Å². The van der Waals surface area contributed by atoms with Crippen molar-refractivity contribution in [3.05, 3.63) is 47.2 Å². The molecule has 3 rings (SSSR count). The zero-order valence-electron chi connectivity index (χ0n) is 13.7. The molecule has 0 spiro atoms. The summed E-state index contributed by atoms with van der Waals surface area (Å²) in [7, 11) is 3.51. The van der Waals surface area contributed by atoms with Crippen molar-refractivity contribution in [2.24, 2.45) is 12.8 Å². The van der Waals surface area contributed by atoms with Crippen molar-refractivity contribution in [1.29, 1.82) is 0 Å². The lowest BCUT2D eigenvalue weighted by Gasteiger charge is -2.15. The molecule has 2 aromatic carbocycles. The summed E-state index contributed by atoms with van der Waals surface area (Å²) in [5.41, 5.74) is 10.8. The SMILES string of the molecule is COc1ccc(C)c(-c2cc(C(N)=O)cc3nn(C)cc23)c1C. The molecule has 0 aliphatic carbocycles. The second-order valence-corrected chi connectivity index (χ2v) is 5.71. The standard InChI is InChI=1S/C18H19N3O2/c1-10-5-6-16(23-4)11(2)17(10)13-7-12(18(19)22)8-15-14(13)9-21(3)20-15/h5-9H,1-4H3,(H2,19,22). The summed E-state index contributed by atoms with van der Waals surface area (Å²) in [6.45, 7) is 4.06. The minimum absolute atomic E-state index is 0.452. The highest BCUT2D eigenvalue weighted by molar-refractivity contribution is 6.03. The third-order valence-electron chi connectivity index (χ3n) is 4.14. The lowest BCUT2D eigenvalue weighted by molar-refractivity contribution is 0.100. The quantitative estimate of drug-likeness (QED) is 0.808. The minimum Gasteiger partial charge on any atom is -0.496 e. The Morgan fingerprint density at radius 1 is 1.26 bits per heavy atom. The third-order valence-corrected chi connectivity index (χ3v) is 4.14. The highest BCUT2D eigenvalue weighted by Gasteiger charge is 2.17. The average Bonchev–Trinajstić information content (AvgIpc) is 2.87. The number of carbonyl (C=O) groups is 1. The van der Waals surface area contributed by atoms with E-state index in [2.05, 4.69) is 5.10 Å². The summed E-state index contributed by atoms with van der Waals surface area (Å²) in [6.07, 6.45) is 1.95. The van der Waals surface area contributed by atoms with E-state index in [0.717, 1.165) is 38.9 Å². The van der Waals surface area contributed by atoms with Crippen molar-refractivity contribution < 1.29 is 9.53 Å². The van der Waals surface area contributed by atoms with E-state index in [1.54, 1.807) is 17.9 Å². The van der Waals surface area contributed by atoms with Gasteiger partial charge in [0.15, 0.2) is 0 Å². The smallest absolute Gasteiger partial charge is 0.248 e. The number of methoxy groups -OCH3 is 1. The Hall–Kier alpha value is -2.82. The predicted octanol–water partition coefficient (Wildman–Crippen LogP) is 2.96. The van der Waals surface area contributed by atoms with E-state index >= 15 is 0 Å². The molecule has 0 bridgehead atoms. The van der Waals surface area contributed by atoms with Crippen LogP contribution in [0.25, 0.3) is 22.0 Å². The first-order chi connectivity index (χ1) is 10.9. The average molecular weight is 309 g/mol. The Morgan fingerprint density at radius 2 is 2.00 bits per heavy atom. The van der Waals surface area contributed by atoms with Gasteiger partial charge in [0.25, 0.3) is 0 Å². The van der Waals surface area contributed by atoms with Crippen molar-refractivity contribution in [2.75, 3.05) is 7.11 Å². The molecule has 1 aromatic heterocycles. The summed E-state index contributed by atoms with van der Waals surface area (Å²) in [4.78, 5) is 11.7. The molecular formula is C18H19N3O2. The van der Waals surface area contributed by atoms with Gasteiger partial charge in [0, 0.05) is 24.2 Å². The number of carbonyl (C=O) groups excluding carboxylic acids is 1. The van der Waals surface area contributed by atoms with Crippen LogP contribution in [-0.4, -0.2) is 22.8 Å². The zero-order valence-corrected chi connectivity index (χ0v) is 13.7. The molecule has 2 N–H and O–H groups in total. The number of ether oxygens (including phenoxy) is 1. The molecular weight excluding hydrogens is 290 g/mol. The zero-order chi connectivity index (χ0) is 16.7. The normalized spacial score (nSPS) is 11.0. The number of nitrogens with two attached hydrogens (primary N) is 1. The van der Waals surface area contributed by atoms with Crippen molar-refractivity contribution in [1.82, 2.24) is 9.78 Å². The van der Waals surface area contributed by atoms with Gasteiger partial charge in [0.1, 0.15) is 5.75 Å². The first-order valence-corrected chi connectivity index (χ1v) is 7.34. The molecule has 0 saturated heterocycles. The van der Waals surface area contributed by atoms with E-state index in [4.69, 9.17) is 10.5 Å². The second kappa shape index (κ2) is 5.43. The topological polar surface area (TPSA) is 70.1 Å². The third kappa shape index (κ3) is 2.44. The Bertz CT molecular complexity index is 926. The summed E-state index contributed by atoms with van der Waals surface area (Å²) in [6, 6.07) is 7.53. The van der Waals surface area contributed by atoms with Gasteiger partial charge in [-0.2, -0.15) is 5.10 Å². The number of amides is 1. The van der Waals surface area contributed by atoms with E-state index in [-0.39, 0.29) is 0 Å². The Kier molecular flexibility index (Phi) is 3.56. The molecule has 5 nitrogen and oxygen atoms in total. The molecule has 1 amide bonds. The van der Waals surface area contributed by atoms with E-state index in [0.29, 0.717) is 5.56 Å². The van der Waals surface area contributed by atoms with Crippen LogP contribution in [-0.2, 0) is 7.05 Å². The fourth-order valence-corrected chi connectivity index (χ4v) is 3.05. The van der Waals surface area contributed by atoms with Gasteiger partial charge in [-0.15, -0.1) is 0 Å². The van der Waals surface area contributed by atoms with Crippen LogP contribution in [0.3, 0.4) is 0 Å². The molecule has 0 radical (unpaired) electrons. The molecule has 5 heteroatoms. The highest BCUT2D eigenvalue weighted by atomic mass is 16.5. The number of aromatic nitrogens is 2. The van der Waals surface area contributed by atoms with Crippen molar-refractivity contribution in [3.63, 3.8) is 0 Å². The van der Waals surface area contributed by atoms with Gasteiger partial charge in [-0.3, -0.25) is 9.48 Å². The maximum absolute atomic E-state index is 11.7. The number of primary amides is 1. The molecule has 118 valence electrons. The summed E-state index contributed by atoms with van der Waals surface area (Å²) in [5.74, 6) is 0.351. The van der Waals surface area contributed by atoms with Gasteiger partial charge >= 0.3 is 0 Å². The van der Waals surface area contributed by atoms with E-state index in [1.807, 2.05) is 45.3 Å². The fourth-order valence-electron chi connectivity index (χ4n) is 3.05. The maximum Gasteiger partial charge on any atom is 0.248 e. The molecule has 23 heavy (non-hydrogen) atoms. The summed E-state index contributed by atoms with van der Waals surface area (Å²) < 4.78 is 7.18. The molecule has 0 atom stereocenters. The van der Waals surface area contributed by atoms with Crippen molar-refractivity contribution in [3.8, 4) is 16.9 Å². The Balaban J connectivity index is 2.42. The Labute approximate surface area is 134 Å². The van der Waals surface area contributed by atoms with Crippen LogP contribution in [0.2, 0.25) is 0 Å². The molecule has 0 aliphatic heterocycles.